The number of hydrogen-bond acceptors (Lipinski definition) is 4. The van der Waals surface area contributed by atoms with Crippen molar-refractivity contribution in [1.29, 1.82) is 0 Å². The first-order chi connectivity index (χ1) is 15.6. The van der Waals surface area contributed by atoms with Crippen LogP contribution in [0.15, 0.2) is 65.2 Å². The first-order valence-corrected chi connectivity index (χ1v) is 12.1. The van der Waals surface area contributed by atoms with Crippen molar-refractivity contribution in [2.45, 2.75) is 24.7 Å². The normalized spacial score (nSPS) is 26.5. The van der Waals surface area contributed by atoms with Crippen molar-refractivity contribution < 1.29 is 14.3 Å². The van der Waals surface area contributed by atoms with Crippen molar-refractivity contribution in [2.75, 3.05) is 24.6 Å². The first-order valence-electron chi connectivity index (χ1n) is 11.3. The number of halogens is 1. The van der Waals surface area contributed by atoms with Crippen LogP contribution in [0.2, 0.25) is 0 Å². The molecule has 0 saturated heterocycles. The third kappa shape index (κ3) is 3.25. The van der Waals surface area contributed by atoms with Gasteiger partial charge in [0.2, 0.25) is 0 Å². The molecule has 0 radical (unpaired) electrons. The number of ether oxygens (including phenoxy) is 1. The average molecular weight is 490 g/mol. The van der Waals surface area contributed by atoms with E-state index >= 15 is 0 Å². The van der Waals surface area contributed by atoms with Gasteiger partial charge in [0.25, 0.3) is 0 Å². The summed E-state index contributed by atoms with van der Waals surface area (Å²) in [5.41, 5.74) is 4.92. The molecule has 2 aliphatic heterocycles. The van der Waals surface area contributed by atoms with Crippen LogP contribution in [0.1, 0.15) is 56.5 Å². The van der Waals surface area contributed by atoms with Crippen LogP contribution in [-0.4, -0.2) is 31.4 Å². The monoisotopic (exact) mass is 489 g/mol. The molecule has 4 nitrogen and oxygen atoms in total. The summed E-state index contributed by atoms with van der Waals surface area (Å²) in [4.78, 5) is 28.1. The van der Waals surface area contributed by atoms with E-state index in [9.17, 15) is 9.59 Å². The summed E-state index contributed by atoms with van der Waals surface area (Å²) in [5, 5.41) is 0. The molecule has 0 N–H and O–H groups in total. The number of nitrogens with zero attached hydrogens (tertiary/aromatic N) is 1. The van der Waals surface area contributed by atoms with Gasteiger partial charge in [-0.3, -0.25) is 4.79 Å². The fourth-order valence-corrected chi connectivity index (χ4v) is 6.19. The molecule has 4 aliphatic rings. The Bertz CT molecular complexity index is 1110. The van der Waals surface area contributed by atoms with E-state index in [-0.39, 0.29) is 12.4 Å². The van der Waals surface area contributed by atoms with E-state index in [1.807, 2.05) is 24.3 Å². The fourth-order valence-electron chi connectivity index (χ4n) is 5.93. The Morgan fingerprint density at radius 3 is 2.09 bits per heavy atom. The first kappa shape index (κ1) is 20.0. The quantitative estimate of drug-likeness (QED) is 0.316. The summed E-state index contributed by atoms with van der Waals surface area (Å²) in [6.45, 7) is 1.93. The van der Waals surface area contributed by atoms with Gasteiger partial charge in [-0.1, -0.05) is 52.4 Å². The predicted molar refractivity (Wildman–Crippen MR) is 127 cm³/mol. The van der Waals surface area contributed by atoms with Crippen LogP contribution in [0.5, 0.6) is 0 Å². The van der Waals surface area contributed by atoms with Gasteiger partial charge in [-0.15, -0.1) is 0 Å². The SMILES string of the molecule is O=C(COC(=O)c1cc2c3c(c1)[C@@H]1C=CC[C@H]1CN3C[C@@H]1CC=C[C@@H]21)c1ccc(Br)cc1. The van der Waals surface area contributed by atoms with Crippen molar-refractivity contribution >= 4 is 33.4 Å². The highest BCUT2D eigenvalue weighted by Crippen LogP contribution is 2.53. The molecule has 0 bridgehead atoms. The van der Waals surface area contributed by atoms with Crippen LogP contribution in [0.3, 0.4) is 0 Å². The van der Waals surface area contributed by atoms with Crippen LogP contribution >= 0.6 is 15.9 Å². The van der Waals surface area contributed by atoms with Crippen molar-refractivity contribution in [3.63, 3.8) is 0 Å². The average Bonchev–Trinajstić information content (AvgIpc) is 3.47. The summed E-state index contributed by atoms with van der Waals surface area (Å²) in [6.07, 6.45) is 11.4. The predicted octanol–water partition coefficient (Wildman–Crippen LogP) is 5.64. The highest BCUT2D eigenvalue weighted by molar-refractivity contribution is 9.10. The molecule has 0 saturated carbocycles. The zero-order valence-corrected chi connectivity index (χ0v) is 19.3. The number of carbonyl (C=O) groups is 2. The van der Waals surface area contributed by atoms with Crippen LogP contribution in [0, 0.1) is 11.8 Å². The minimum atomic E-state index is -0.422. The van der Waals surface area contributed by atoms with E-state index in [1.54, 1.807) is 12.1 Å². The van der Waals surface area contributed by atoms with Crippen molar-refractivity contribution in [3.8, 4) is 0 Å². The van der Waals surface area contributed by atoms with Crippen molar-refractivity contribution in [1.82, 2.24) is 0 Å². The smallest absolute Gasteiger partial charge is 0.338 e. The van der Waals surface area contributed by atoms with E-state index < -0.39 is 5.97 Å². The number of rotatable bonds is 4. The number of ketones is 1. The Balaban J connectivity index is 1.31. The van der Waals surface area contributed by atoms with Crippen LogP contribution in [-0.2, 0) is 4.74 Å². The van der Waals surface area contributed by atoms with Gasteiger partial charge in [0.05, 0.1) is 5.56 Å². The topological polar surface area (TPSA) is 46.6 Å². The maximum Gasteiger partial charge on any atom is 0.338 e. The molecule has 6 rings (SSSR count). The third-order valence-electron chi connectivity index (χ3n) is 7.43. The number of esters is 1. The second kappa shape index (κ2) is 7.73. The van der Waals surface area contributed by atoms with Crippen LogP contribution in [0.4, 0.5) is 5.69 Å². The molecule has 2 aromatic carbocycles. The molecular formula is C27H24BrNO3. The van der Waals surface area contributed by atoms with Gasteiger partial charge in [0.1, 0.15) is 0 Å². The Kier molecular flexibility index (Phi) is 4.83. The molecule has 0 unspecified atom stereocenters. The maximum absolute atomic E-state index is 13.0. The van der Waals surface area contributed by atoms with Crippen LogP contribution in [0.25, 0.3) is 0 Å². The molecule has 2 aromatic rings. The lowest BCUT2D eigenvalue weighted by atomic mass is 9.74. The molecular weight excluding hydrogens is 466 g/mol. The summed E-state index contributed by atoms with van der Waals surface area (Å²) in [5.74, 6) is 1.25. The number of Topliss-reactive ketones (excluding diaryl/α,β-unsaturated/α-hetero) is 1. The van der Waals surface area contributed by atoms with Gasteiger partial charge in [-0.2, -0.15) is 0 Å². The lowest BCUT2D eigenvalue weighted by Gasteiger charge is -2.46. The van der Waals surface area contributed by atoms with E-state index in [0.717, 1.165) is 30.4 Å². The summed E-state index contributed by atoms with van der Waals surface area (Å²) < 4.78 is 6.39. The molecule has 0 fully saturated rings. The molecule has 162 valence electrons. The van der Waals surface area contributed by atoms with E-state index in [4.69, 9.17) is 4.74 Å². The molecule has 0 aromatic heterocycles. The van der Waals surface area contributed by atoms with Gasteiger partial charge in [-0.25, -0.2) is 4.79 Å². The second-order valence-corrected chi connectivity index (χ2v) is 10.2. The summed E-state index contributed by atoms with van der Waals surface area (Å²) in [7, 11) is 0. The number of hydrogen-bond donors (Lipinski definition) is 0. The van der Waals surface area contributed by atoms with Crippen molar-refractivity contribution in [3.05, 3.63) is 87.4 Å². The van der Waals surface area contributed by atoms with E-state index in [0.29, 0.717) is 34.8 Å². The van der Waals surface area contributed by atoms with Crippen LogP contribution < -0.4 is 4.90 Å². The zero-order valence-electron chi connectivity index (χ0n) is 17.7. The minimum absolute atomic E-state index is 0.200. The number of anilines is 1. The van der Waals surface area contributed by atoms with Gasteiger partial charge in [-0.05, 0) is 60.1 Å². The largest absolute Gasteiger partial charge is 0.454 e. The Morgan fingerprint density at radius 2 is 1.50 bits per heavy atom. The fraction of sp³-hybridized carbons (Fsp3) is 0.333. The number of carbonyl (C=O) groups excluding carboxylic acids is 2. The highest BCUT2D eigenvalue weighted by atomic mass is 79.9. The van der Waals surface area contributed by atoms with Gasteiger partial charge < -0.3 is 9.64 Å². The molecule has 5 heteroatoms. The molecule has 2 aliphatic carbocycles. The minimum Gasteiger partial charge on any atom is -0.454 e. The zero-order chi connectivity index (χ0) is 21.8. The van der Waals surface area contributed by atoms with Gasteiger partial charge in [0.15, 0.2) is 12.4 Å². The summed E-state index contributed by atoms with van der Waals surface area (Å²) in [6, 6.07) is 11.1. The lowest BCUT2D eigenvalue weighted by Crippen LogP contribution is -2.43. The number of fused-ring (bicyclic) bond motifs is 4. The number of allylic oxidation sites excluding steroid dienone is 4. The summed E-state index contributed by atoms with van der Waals surface area (Å²) >= 11 is 3.37. The van der Waals surface area contributed by atoms with Gasteiger partial charge >= 0.3 is 5.97 Å². The third-order valence-corrected chi connectivity index (χ3v) is 7.96. The molecule has 32 heavy (non-hydrogen) atoms. The Labute approximate surface area is 196 Å². The lowest BCUT2D eigenvalue weighted by molar-refractivity contribution is 0.0474. The van der Waals surface area contributed by atoms with E-state index in [1.165, 1.54) is 16.8 Å². The van der Waals surface area contributed by atoms with Gasteiger partial charge in [0, 0.05) is 40.6 Å². The molecule has 0 amide bonds. The Hall–Kier alpha value is -2.66. The number of benzene rings is 2. The Morgan fingerprint density at radius 1 is 0.906 bits per heavy atom. The highest BCUT2D eigenvalue weighted by Gasteiger charge is 2.42. The molecule has 2 heterocycles. The maximum atomic E-state index is 13.0. The van der Waals surface area contributed by atoms with E-state index in [2.05, 4.69) is 45.1 Å². The second-order valence-electron chi connectivity index (χ2n) is 9.31. The standard InChI is InChI=1S/C27H24BrNO3/c28-20-9-7-16(8-10-20)25(30)15-32-27(31)19-11-23-21-5-1-3-17(21)13-29-14-18-4-2-6-22(18)24(12-19)26(23)29/h1-2,5-12,17-18,21-22H,3-4,13-15H2/t17-,18-,21+,22+/m0/s1. The molecule has 4 atom stereocenters. The molecule has 0 spiro atoms. The van der Waals surface area contributed by atoms with Crippen molar-refractivity contribution in [2.24, 2.45) is 11.8 Å².